The molecule has 1 atom stereocenters. The first-order valence-corrected chi connectivity index (χ1v) is 4.46. The van der Waals surface area contributed by atoms with Gasteiger partial charge in [0, 0.05) is 18.6 Å². The Hall–Kier alpha value is -0.150. The average molecular weight is 175 g/mol. The summed E-state index contributed by atoms with van der Waals surface area (Å²) in [4.78, 5) is 2.26. The third kappa shape index (κ3) is 2.42. The van der Waals surface area contributed by atoms with Crippen molar-refractivity contribution in [2.24, 2.45) is 0 Å². The van der Waals surface area contributed by atoms with Gasteiger partial charge in [-0.1, -0.05) is 0 Å². The van der Waals surface area contributed by atoms with Crippen LogP contribution in [0.15, 0.2) is 0 Å². The summed E-state index contributed by atoms with van der Waals surface area (Å²) in [5.74, 6) is 0. The quantitative estimate of drug-likeness (QED) is 0.598. The van der Waals surface area contributed by atoms with Crippen LogP contribution in [-0.2, 0) is 4.74 Å². The summed E-state index contributed by atoms with van der Waals surface area (Å²) in [7, 11) is 0. The average Bonchev–Trinajstić information content (AvgIpc) is 2.03. The highest BCUT2D eigenvalue weighted by Crippen LogP contribution is 2.17. The molecule has 0 spiro atoms. The molecular formula is C9H18FNO. The van der Waals surface area contributed by atoms with Gasteiger partial charge in [0.25, 0.3) is 0 Å². The maximum absolute atomic E-state index is 12.3. The Morgan fingerprint density at radius 1 is 1.50 bits per heavy atom. The van der Waals surface area contributed by atoms with Crippen molar-refractivity contribution in [2.75, 3.05) is 26.4 Å². The SMILES string of the molecule is CC(C)(C)N1CCOC(CF)C1. The van der Waals surface area contributed by atoms with E-state index < -0.39 is 0 Å². The van der Waals surface area contributed by atoms with Crippen molar-refractivity contribution < 1.29 is 9.13 Å². The molecule has 1 unspecified atom stereocenters. The van der Waals surface area contributed by atoms with Gasteiger partial charge in [-0.2, -0.15) is 0 Å². The van der Waals surface area contributed by atoms with E-state index in [9.17, 15) is 4.39 Å². The Labute approximate surface area is 73.7 Å². The molecule has 0 aromatic carbocycles. The first-order valence-electron chi connectivity index (χ1n) is 4.46. The maximum Gasteiger partial charge on any atom is 0.117 e. The molecule has 0 aromatic heterocycles. The molecule has 0 amide bonds. The lowest BCUT2D eigenvalue weighted by Gasteiger charge is -2.40. The molecule has 1 rings (SSSR count). The van der Waals surface area contributed by atoms with Gasteiger partial charge in [0.2, 0.25) is 0 Å². The molecule has 1 heterocycles. The smallest absolute Gasteiger partial charge is 0.117 e. The number of morpholine rings is 1. The Balaban J connectivity index is 2.46. The van der Waals surface area contributed by atoms with Crippen molar-refractivity contribution in [1.29, 1.82) is 0 Å². The lowest BCUT2D eigenvalue weighted by molar-refractivity contribution is -0.0656. The Kier molecular flexibility index (Phi) is 3.07. The van der Waals surface area contributed by atoms with Gasteiger partial charge < -0.3 is 4.74 Å². The van der Waals surface area contributed by atoms with Crippen molar-refractivity contribution >= 4 is 0 Å². The Bertz CT molecular complexity index is 144. The van der Waals surface area contributed by atoms with Gasteiger partial charge in [0.15, 0.2) is 0 Å². The highest BCUT2D eigenvalue weighted by atomic mass is 19.1. The predicted octanol–water partition coefficient (Wildman–Crippen LogP) is 1.46. The summed E-state index contributed by atoms with van der Waals surface area (Å²) in [6.45, 7) is 8.37. The molecule has 12 heavy (non-hydrogen) atoms. The fourth-order valence-electron chi connectivity index (χ4n) is 1.42. The van der Waals surface area contributed by atoms with Crippen LogP contribution in [0.4, 0.5) is 4.39 Å². The zero-order chi connectivity index (χ0) is 9.19. The largest absolute Gasteiger partial charge is 0.373 e. The second kappa shape index (κ2) is 3.71. The monoisotopic (exact) mass is 175 g/mol. The minimum atomic E-state index is -0.368. The minimum absolute atomic E-state index is 0.136. The summed E-state index contributed by atoms with van der Waals surface area (Å²) in [6.07, 6.45) is -0.210. The molecular weight excluding hydrogens is 157 g/mol. The van der Waals surface area contributed by atoms with E-state index in [4.69, 9.17) is 4.74 Å². The summed E-state index contributed by atoms with van der Waals surface area (Å²) in [5, 5.41) is 0. The third-order valence-electron chi connectivity index (χ3n) is 2.26. The molecule has 1 fully saturated rings. The first kappa shape index (κ1) is 9.93. The van der Waals surface area contributed by atoms with E-state index >= 15 is 0 Å². The van der Waals surface area contributed by atoms with Crippen LogP contribution in [-0.4, -0.2) is 42.9 Å². The van der Waals surface area contributed by atoms with Crippen LogP contribution >= 0.6 is 0 Å². The van der Waals surface area contributed by atoms with Gasteiger partial charge >= 0.3 is 0 Å². The molecule has 2 nitrogen and oxygen atoms in total. The fourth-order valence-corrected chi connectivity index (χ4v) is 1.42. The lowest BCUT2D eigenvalue weighted by atomic mass is 10.0. The predicted molar refractivity (Wildman–Crippen MR) is 47.0 cm³/mol. The van der Waals surface area contributed by atoms with Gasteiger partial charge in [-0.25, -0.2) is 4.39 Å². The van der Waals surface area contributed by atoms with Crippen molar-refractivity contribution in [3.8, 4) is 0 Å². The number of ether oxygens (including phenoxy) is 1. The maximum atomic E-state index is 12.3. The molecule has 1 aliphatic heterocycles. The highest BCUT2D eigenvalue weighted by molar-refractivity contribution is 4.81. The Morgan fingerprint density at radius 3 is 2.67 bits per heavy atom. The number of hydrogen-bond donors (Lipinski definition) is 0. The zero-order valence-electron chi connectivity index (χ0n) is 8.14. The van der Waals surface area contributed by atoms with E-state index in [2.05, 4.69) is 25.7 Å². The molecule has 1 aliphatic rings. The van der Waals surface area contributed by atoms with E-state index in [0.717, 1.165) is 13.1 Å². The molecule has 0 aromatic rings. The number of hydrogen-bond acceptors (Lipinski definition) is 2. The highest BCUT2D eigenvalue weighted by Gasteiger charge is 2.27. The zero-order valence-corrected chi connectivity index (χ0v) is 8.14. The van der Waals surface area contributed by atoms with Gasteiger partial charge in [-0.15, -0.1) is 0 Å². The van der Waals surface area contributed by atoms with Crippen LogP contribution < -0.4 is 0 Å². The molecule has 0 saturated carbocycles. The molecule has 0 aliphatic carbocycles. The van der Waals surface area contributed by atoms with Crippen LogP contribution in [0.2, 0.25) is 0 Å². The molecule has 3 heteroatoms. The number of nitrogens with zero attached hydrogens (tertiary/aromatic N) is 1. The molecule has 0 radical (unpaired) electrons. The minimum Gasteiger partial charge on any atom is -0.373 e. The summed E-state index contributed by atoms with van der Waals surface area (Å²) < 4.78 is 17.5. The summed E-state index contributed by atoms with van der Waals surface area (Å²) in [6, 6.07) is 0. The van der Waals surface area contributed by atoms with Crippen molar-refractivity contribution in [3.63, 3.8) is 0 Å². The topological polar surface area (TPSA) is 12.5 Å². The van der Waals surface area contributed by atoms with Gasteiger partial charge in [-0.05, 0) is 20.8 Å². The summed E-state index contributed by atoms with van der Waals surface area (Å²) >= 11 is 0. The van der Waals surface area contributed by atoms with Crippen molar-refractivity contribution in [3.05, 3.63) is 0 Å². The summed E-state index contributed by atoms with van der Waals surface area (Å²) in [5.41, 5.74) is 0.136. The van der Waals surface area contributed by atoms with Crippen LogP contribution in [0, 0.1) is 0 Å². The van der Waals surface area contributed by atoms with Gasteiger partial charge in [0.1, 0.15) is 6.67 Å². The van der Waals surface area contributed by atoms with E-state index in [0.29, 0.717) is 6.61 Å². The third-order valence-corrected chi connectivity index (χ3v) is 2.26. The van der Waals surface area contributed by atoms with Crippen LogP contribution in [0.25, 0.3) is 0 Å². The first-order chi connectivity index (χ1) is 5.54. The number of alkyl halides is 1. The molecule has 0 N–H and O–H groups in total. The normalized spacial score (nSPS) is 27.5. The Morgan fingerprint density at radius 2 is 2.17 bits per heavy atom. The van der Waals surface area contributed by atoms with E-state index in [-0.39, 0.29) is 18.3 Å². The van der Waals surface area contributed by atoms with Crippen molar-refractivity contribution in [1.82, 2.24) is 4.90 Å². The second-order valence-electron chi connectivity index (χ2n) is 4.26. The standard InChI is InChI=1S/C9H18FNO/c1-9(2,3)11-4-5-12-8(6-10)7-11/h8H,4-7H2,1-3H3. The number of rotatable bonds is 1. The fraction of sp³-hybridized carbons (Fsp3) is 1.00. The molecule has 72 valence electrons. The molecule has 0 bridgehead atoms. The lowest BCUT2D eigenvalue weighted by Crippen LogP contribution is -2.51. The van der Waals surface area contributed by atoms with Crippen molar-refractivity contribution in [2.45, 2.75) is 32.4 Å². The van der Waals surface area contributed by atoms with Crippen LogP contribution in [0.3, 0.4) is 0 Å². The molecule has 1 saturated heterocycles. The van der Waals surface area contributed by atoms with Crippen LogP contribution in [0.5, 0.6) is 0 Å². The van der Waals surface area contributed by atoms with E-state index in [1.807, 2.05) is 0 Å². The number of halogens is 1. The van der Waals surface area contributed by atoms with E-state index in [1.165, 1.54) is 0 Å². The van der Waals surface area contributed by atoms with Gasteiger partial charge in [-0.3, -0.25) is 4.90 Å². The second-order valence-corrected chi connectivity index (χ2v) is 4.26. The van der Waals surface area contributed by atoms with E-state index in [1.54, 1.807) is 0 Å². The van der Waals surface area contributed by atoms with Crippen LogP contribution in [0.1, 0.15) is 20.8 Å². The van der Waals surface area contributed by atoms with Gasteiger partial charge in [0.05, 0.1) is 12.7 Å².